The number of halogens is 3. The van der Waals surface area contributed by atoms with Crippen molar-refractivity contribution in [3.8, 4) is 17.0 Å². The van der Waals surface area contributed by atoms with E-state index in [4.69, 9.17) is 5.11 Å². The lowest BCUT2D eigenvalue weighted by molar-refractivity contribution is -0.274. The molecule has 0 bridgehead atoms. The smallest absolute Gasteiger partial charge is 0.406 e. The monoisotopic (exact) mass is 419 g/mol. The summed E-state index contributed by atoms with van der Waals surface area (Å²) in [4.78, 5) is 12.8. The van der Waals surface area contributed by atoms with Crippen LogP contribution in [-0.4, -0.2) is 39.6 Å². The Morgan fingerprint density at radius 3 is 2.63 bits per heavy atom. The molecule has 0 radical (unpaired) electrons. The first-order valence-corrected chi connectivity index (χ1v) is 9.16. The first kappa shape index (κ1) is 21.3. The number of rotatable bonds is 9. The molecule has 0 fully saturated rings. The van der Waals surface area contributed by atoms with E-state index in [0.29, 0.717) is 36.6 Å². The van der Waals surface area contributed by atoms with Gasteiger partial charge in [0.25, 0.3) is 0 Å². The molecule has 3 aromatic rings. The highest BCUT2D eigenvalue weighted by molar-refractivity contribution is 5.66. The summed E-state index contributed by atoms with van der Waals surface area (Å²) in [6, 6.07) is 10.9. The highest BCUT2D eigenvalue weighted by Gasteiger charge is 2.31. The Balaban J connectivity index is 1.86. The van der Waals surface area contributed by atoms with Crippen molar-refractivity contribution in [2.24, 2.45) is 0 Å². The number of alkyl halides is 3. The molecule has 0 aliphatic carbocycles. The normalized spacial score (nSPS) is 11.2. The molecule has 0 aliphatic rings. The lowest BCUT2D eigenvalue weighted by Crippen LogP contribution is -2.17. The third kappa shape index (κ3) is 6.59. The van der Waals surface area contributed by atoms with E-state index >= 15 is 0 Å². The van der Waals surface area contributed by atoms with Gasteiger partial charge in [-0.15, -0.1) is 13.2 Å². The number of aliphatic hydroxyl groups is 1. The van der Waals surface area contributed by atoms with Crippen molar-refractivity contribution in [2.45, 2.75) is 19.3 Å². The fraction of sp³-hybridized carbons (Fsp3) is 0.250. The molecule has 3 N–H and O–H groups in total. The number of pyridine rings is 1. The molecule has 10 heteroatoms. The van der Waals surface area contributed by atoms with Crippen LogP contribution in [0.1, 0.15) is 12.0 Å². The summed E-state index contributed by atoms with van der Waals surface area (Å²) in [5.74, 6) is 0.438. The maximum Gasteiger partial charge on any atom is 0.573 e. The van der Waals surface area contributed by atoms with Crippen LogP contribution < -0.4 is 15.4 Å². The van der Waals surface area contributed by atoms with Crippen molar-refractivity contribution >= 4 is 11.8 Å². The summed E-state index contributed by atoms with van der Waals surface area (Å²) in [6.45, 7) is 0.909. The fourth-order valence-electron chi connectivity index (χ4n) is 2.59. The van der Waals surface area contributed by atoms with Gasteiger partial charge >= 0.3 is 6.36 Å². The summed E-state index contributed by atoms with van der Waals surface area (Å²) in [5.41, 5.74) is 1.79. The molecule has 0 aliphatic heterocycles. The van der Waals surface area contributed by atoms with Gasteiger partial charge in [0.1, 0.15) is 11.6 Å². The van der Waals surface area contributed by atoms with Gasteiger partial charge < -0.3 is 20.5 Å². The zero-order valence-corrected chi connectivity index (χ0v) is 15.9. The number of nitrogens with one attached hydrogen (secondary N) is 2. The molecule has 2 aromatic heterocycles. The summed E-state index contributed by atoms with van der Waals surface area (Å²) in [7, 11) is 0. The van der Waals surface area contributed by atoms with E-state index in [-0.39, 0.29) is 18.3 Å². The molecule has 7 nitrogen and oxygen atoms in total. The molecule has 3 rings (SSSR count). The van der Waals surface area contributed by atoms with Crippen molar-refractivity contribution in [1.82, 2.24) is 15.0 Å². The van der Waals surface area contributed by atoms with Gasteiger partial charge in [-0.05, 0) is 30.2 Å². The topological polar surface area (TPSA) is 92.2 Å². The number of anilines is 2. The molecule has 0 saturated carbocycles. The summed E-state index contributed by atoms with van der Waals surface area (Å²) >= 11 is 0. The fourth-order valence-corrected chi connectivity index (χ4v) is 2.59. The van der Waals surface area contributed by atoms with Crippen molar-refractivity contribution in [2.75, 3.05) is 23.8 Å². The third-order valence-electron chi connectivity index (χ3n) is 3.90. The van der Waals surface area contributed by atoms with Crippen LogP contribution in [0.5, 0.6) is 5.75 Å². The Morgan fingerprint density at radius 1 is 1.03 bits per heavy atom. The molecule has 0 spiro atoms. The molecule has 0 unspecified atom stereocenters. The van der Waals surface area contributed by atoms with Gasteiger partial charge in [0.2, 0.25) is 5.95 Å². The zero-order valence-electron chi connectivity index (χ0n) is 15.9. The van der Waals surface area contributed by atoms with Crippen LogP contribution in [0, 0.1) is 0 Å². The Bertz CT molecular complexity index is 955. The lowest BCUT2D eigenvalue weighted by atomic mass is 10.1. The minimum atomic E-state index is -4.78. The van der Waals surface area contributed by atoms with Gasteiger partial charge in [-0.25, -0.2) is 4.98 Å². The van der Waals surface area contributed by atoms with E-state index in [2.05, 4.69) is 30.3 Å². The highest BCUT2D eigenvalue weighted by Crippen LogP contribution is 2.28. The standard InChI is InChI=1S/C20H20F3N5O2/c21-20(22,23)30-16-6-1-5-15(10-16)17-11-18(26-13-14-4-2-7-24-12-14)28-19(27-17)25-8-3-9-29/h1-2,4-7,10-12,29H,3,8-9,13H2,(H2,25,26,27,28). The number of aromatic nitrogens is 3. The highest BCUT2D eigenvalue weighted by atomic mass is 19.4. The maximum atomic E-state index is 12.5. The molecule has 2 heterocycles. The first-order chi connectivity index (χ1) is 14.4. The van der Waals surface area contributed by atoms with E-state index in [1.807, 2.05) is 12.1 Å². The molecule has 30 heavy (non-hydrogen) atoms. The summed E-state index contributed by atoms with van der Waals surface area (Å²) in [6.07, 6.45) is -0.891. The maximum absolute atomic E-state index is 12.5. The number of aliphatic hydroxyl groups excluding tert-OH is 1. The molecular weight excluding hydrogens is 399 g/mol. The van der Waals surface area contributed by atoms with E-state index in [0.717, 1.165) is 5.56 Å². The lowest BCUT2D eigenvalue weighted by Gasteiger charge is -2.13. The predicted octanol–water partition coefficient (Wildman–Crippen LogP) is 3.84. The van der Waals surface area contributed by atoms with Crippen molar-refractivity contribution in [1.29, 1.82) is 0 Å². The summed E-state index contributed by atoms with van der Waals surface area (Å²) < 4.78 is 41.6. The quantitative estimate of drug-likeness (QED) is 0.454. The third-order valence-corrected chi connectivity index (χ3v) is 3.90. The number of hydrogen-bond donors (Lipinski definition) is 3. The number of nitrogens with zero attached hydrogens (tertiary/aromatic N) is 3. The molecule has 158 valence electrons. The Kier molecular flexibility index (Phi) is 7.02. The van der Waals surface area contributed by atoms with Gasteiger partial charge in [0, 0.05) is 43.7 Å². The zero-order chi connectivity index (χ0) is 21.4. The second kappa shape index (κ2) is 9.88. The number of hydrogen-bond acceptors (Lipinski definition) is 7. The average Bonchev–Trinajstić information content (AvgIpc) is 2.72. The molecule has 0 saturated heterocycles. The van der Waals surface area contributed by atoms with Crippen LogP contribution in [0.2, 0.25) is 0 Å². The average molecular weight is 419 g/mol. The Labute approximate surface area is 171 Å². The van der Waals surface area contributed by atoms with Crippen LogP contribution in [0.4, 0.5) is 24.9 Å². The van der Waals surface area contributed by atoms with Crippen molar-refractivity contribution < 1.29 is 23.0 Å². The van der Waals surface area contributed by atoms with E-state index < -0.39 is 6.36 Å². The molecule has 0 atom stereocenters. The predicted molar refractivity (Wildman–Crippen MR) is 106 cm³/mol. The van der Waals surface area contributed by atoms with Gasteiger partial charge in [-0.2, -0.15) is 4.98 Å². The van der Waals surface area contributed by atoms with Crippen LogP contribution in [0.3, 0.4) is 0 Å². The number of benzene rings is 1. The minimum absolute atomic E-state index is 0.00956. The molecular formula is C20H20F3N5O2. The summed E-state index contributed by atoms with van der Waals surface area (Å²) in [5, 5.41) is 15.1. The van der Waals surface area contributed by atoms with Gasteiger partial charge in [0.15, 0.2) is 0 Å². The first-order valence-electron chi connectivity index (χ1n) is 9.16. The largest absolute Gasteiger partial charge is 0.573 e. The Morgan fingerprint density at radius 2 is 1.90 bits per heavy atom. The van der Waals surface area contributed by atoms with Crippen LogP contribution in [0.25, 0.3) is 11.3 Å². The number of ether oxygens (including phenoxy) is 1. The van der Waals surface area contributed by atoms with E-state index in [9.17, 15) is 13.2 Å². The second-order valence-corrected chi connectivity index (χ2v) is 6.26. The van der Waals surface area contributed by atoms with Crippen LogP contribution in [-0.2, 0) is 6.54 Å². The van der Waals surface area contributed by atoms with Gasteiger partial charge in [0.05, 0.1) is 5.69 Å². The molecule has 0 amide bonds. The SMILES string of the molecule is OCCCNc1nc(NCc2cccnc2)cc(-c2cccc(OC(F)(F)F)c2)n1. The second-order valence-electron chi connectivity index (χ2n) is 6.26. The molecule has 1 aromatic carbocycles. The minimum Gasteiger partial charge on any atom is -0.406 e. The Hall–Kier alpha value is -3.40. The van der Waals surface area contributed by atoms with Crippen LogP contribution >= 0.6 is 0 Å². The van der Waals surface area contributed by atoms with Crippen LogP contribution in [0.15, 0.2) is 54.9 Å². The van der Waals surface area contributed by atoms with Crippen molar-refractivity contribution in [3.05, 3.63) is 60.4 Å². The van der Waals surface area contributed by atoms with Gasteiger partial charge in [-0.1, -0.05) is 18.2 Å². The van der Waals surface area contributed by atoms with Crippen molar-refractivity contribution in [3.63, 3.8) is 0 Å². The van der Waals surface area contributed by atoms with Gasteiger partial charge in [-0.3, -0.25) is 4.98 Å². The van der Waals surface area contributed by atoms with E-state index in [1.165, 1.54) is 18.2 Å². The van der Waals surface area contributed by atoms with E-state index in [1.54, 1.807) is 24.5 Å².